The fraction of sp³-hybridized carbons (Fsp3) is 0.778. The van der Waals surface area contributed by atoms with Crippen molar-refractivity contribution in [2.24, 2.45) is 5.73 Å². The predicted octanol–water partition coefficient (Wildman–Crippen LogP) is 0.0932. The van der Waals surface area contributed by atoms with E-state index < -0.39 is 12.0 Å². The average molecular weight is 202 g/mol. The Morgan fingerprint density at radius 1 is 1.43 bits per heavy atom. The number of hydrogen-bond donors (Lipinski definition) is 3. The fourth-order valence-electron chi connectivity index (χ4n) is 1.01. The van der Waals surface area contributed by atoms with E-state index in [0.29, 0.717) is 12.8 Å². The zero-order valence-electron chi connectivity index (χ0n) is 8.62. The molecular formula is C9H18N2O3. The Balaban J connectivity index is 3.60. The third kappa shape index (κ3) is 6.42. The molecule has 82 valence electrons. The van der Waals surface area contributed by atoms with E-state index in [-0.39, 0.29) is 18.4 Å². The Bertz CT molecular complexity index is 204. The molecule has 0 aliphatic rings. The van der Waals surface area contributed by atoms with Gasteiger partial charge in [0.05, 0.1) is 6.04 Å². The van der Waals surface area contributed by atoms with Crippen LogP contribution < -0.4 is 11.1 Å². The Morgan fingerprint density at radius 3 is 2.43 bits per heavy atom. The van der Waals surface area contributed by atoms with Crippen molar-refractivity contribution in [3.05, 3.63) is 0 Å². The summed E-state index contributed by atoms with van der Waals surface area (Å²) < 4.78 is 0. The van der Waals surface area contributed by atoms with Gasteiger partial charge in [-0.1, -0.05) is 0 Å². The van der Waals surface area contributed by atoms with Crippen molar-refractivity contribution in [2.75, 3.05) is 0 Å². The van der Waals surface area contributed by atoms with Crippen LogP contribution in [0.3, 0.4) is 0 Å². The molecule has 0 aromatic heterocycles. The van der Waals surface area contributed by atoms with Gasteiger partial charge in [0.1, 0.15) is 0 Å². The maximum absolute atomic E-state index is 11.1. The van der Waals surface area contributed by atoms with Crippen molar-refractivity contribution in [1.29, 1.82) is 0 Å². The summed E-state index contributed by atoms with van der Waals surface area (Å²) in [7, 11) is 0. The van der Waals surface area contributed by atoms with Gasteiger partial charge in [-0.15, -0.1) is 0 Å². The summed E-state index contributed by atoms with van der Waals surface area (Å²) in [6.07, 6.45) is 1.36. The molecule has 0 aromatic rings. The number of hydrogen-bond acceptors (Lipinski definition) is 3. The van der Waals surface area contributed by atoms with Crippen LogP contribution in [0.15, 0.2) is 0 Å². The van der Waals surface area contributed by atoms with E-state index in [1.807, 2.05) is 6.92 Å². The second-order valence-corrected chi connectivity index (χ2v) is 3.48. The number of carbonyl (C=O) groups is 2. The number of nitrogens with two attached hydrogens (primary N) is 1. The van der Waals surface area contributed by atoms with Crippen molar-refractivity contribution >= 4 is 11.9 Å². The van der Waals surface area contributed by atoms with Crippen molar-refractivity contribution in [1.82, 2.24) is 5.32 Å². The van der Waals surface area contributed by atoms with Crippen LogP contribution in [0.4, 0.5) is 0 Å². The molecule has 0 saturated heterocycles. The molecule has 5 heteroatoms. The lowest BCUT2D eigenvalue weighted by Gasteiger charge is -2.14. The molecule has 0 heterocycles. The summed E-state index contributed by atoms with van der Waals surface area (Å²) in [6.45, 7) is 3.45. The second kappa shape index (κ2) is 6.37. The monoisotopic (exact) mass is 202 g/mol. The molecule has 0 radical (unpaired) electrons. The molecule has 0 aliphatic carbocycles. The first-order chi connectivity index (χ1) is 6.43. The van der Waals surface area contributed by atoms with E-state index in [4.69, 9.17) is 10.8 Å². The fourth-order valence-corrected chi connectivity index (χ4v) is 1.01. The van der Waals surface area contributed by atoms with Gasteiger partial charge in [-0.25, -0.2) is 0 Å². The van der Waals surface area contributed by atoms with Crippen molar-refractivity contribution in [3.8, 4) is 0 Å². The first kappa shape index (κ1) is 12.9. The third-order valence-electron chi connectivity index (χ3n) is 1.83. The maximum Gasteiger partial charge on any atom is 0.303 e. The molecule has 0 aliphatic heterocycles. The van der Waals surface area contributed by atoms with Crippen LogP contribution >= 0.6 is 0 Å². The number of carbonyl (C=O) groups excluding carboxylic acids is 1. The molecule has 14 heavy (non-hydrogen) atoms. The molecule has 0 rings (SSSR count). The third-order valence-corrected chi connectivity index (χ3v) is 1.83. The number of carboxylic acids is 1. The zero-order valence-corrected chi connectivity index (χ0v) is 8.62. The molecule has 0 bridgehead atoms. The smallest absolute Gasteiger partial charge is 0.303 e. The van der Waals surface area contributed by atoms with Crippen LogP contribution in [0, 0.1) is 0 Å². The van der Waals surface area contributed by atoms with Crippen molar-refractivity contribution in [3.63, 3.8) is 0 Å². The van der Waals surface area contributed by atoms with E-state index in [1.165, 1.54) is 0 Å². The molecular weight excluding hydrogens is 184 g/mol. The lowest BCUT2D eigenvalue weighted by atomic mass is 10.1. The van der Waals surface area contributed by atoms with Gasteiger partial charge in [0, 0.05) is 12.5 Å². The van der Waals surface area contributed by atoms with E-state index in [2.05, 4.69) is 5.32 Å². The van der Waals surface area contributed by atoms with E-state index >= 15 is 0 Å². The molecule has 0 spiro atoms. The number of amides is 1. The Hall–Kier alpha value is -1.10. The molecule has 0 saturated carbocycles. The Morgan fingerprint density at radius 2 is 2.00 bits per heavy atom. The average Bonchev–Trinajstić information content (AvgIpc) is 2.02. The maximum atomic E-state index is 11.1. The van der Waals surface area contributed by atoms with E-state index in [1.54, 1.807) is 6.92 Å². The Labute approximate surface area is 83.7 Å². The number of carboxylic acid groups (broad SMARTS) is 1. The van der Waals surface area contributed by atoms with Gasteiger partial charge in [0.2, 0.25) is 5.91 Å². The van der Waals surface area contributed by atoms with Gasteiger partial charge in [-0.3, -0.25) is 9.59 Å². The molecule has 4 N–H and O–H groups in total. The number of aliphatic carboxylic acids is 1. The summed E-state index contributed by atoms with van der Waals surface area (Å²) in [5.74, 6) is -1.01. The van der Waals surface area contributed by atoms with Crippen LogP contribution in [-0.2, 0) is 9.59 Å². The lowest BCUT2D eigenvalue weighted by molar-refractivity contribution is -0.137. The molecule has 0 fully saturated rings. The highest BCUT2D eigenvalue weighted by atomic mass is 16.4. The number of nitrogens with one attached hydrogen (secondary N) is 1. The number of rotatable bonds is 6. The van der Waals surface area contributed by atoms with Gasteiger partial charge in [-0.05, 0) is 26.7 Å². The Kier molecular flexibility index (Phi) is 5.87. The highest BCUT2D eigenvalue weighted by Crippen LogP contribution is 2.00. The normalized spacial score (nSPS) is 14.5. The first-order valence-electron chi connectivity index (χ1n) is 4.71. The molecule has 5 nitrogen and oxygen atoms in total. The van der Waals surface area contributed by atoms with Gasteiger partial charge in [0.15, 0.2) is 0 Å². The predicted molar refractivity (Wildman–Crippen MR) is 52.7 cm³/mol. The summed E-state index contributed by atoms with van der Waals surface area (Å²) in [5.41, 5.74) is 5.35. The first-order valence-corrected chi connectivity index (χ1v) is 4.71. The minimum atomic E-state index is -0.810. The summed E-state index contributed by atoms with van der Waals surface area (Å²) in [6, 6.07) is -0.537. The zero-order chi connectivity index (χ0) is 11.1. The standard InChI is InChI=1S/C9H18N2O3/c1-6(4-3-5-8(12)13)11-9(14)7(2)10/h6-7H,3-5,10H2,1-2H3,(H,11,14)(H,12,13)/t6?,7-/m1/s1. The van der Waals surface area contributed by atoms with Gasteiger partial charge < -0.3 is 16.2 Å². The summed E-state index contributed by atoms with van der Waals surface area (Å²) >= 11 is 0. The van der Waals surface area contributed by atoms with Gasteiger partial charge in [0.25, 0.3) is 0 Å². The molecule has 2 atom stereocenters. The van der Waals surface area contributed by atoms with E-state index in [9.17, 15) is 9.59 Å². The highest BCUT2D eigenvalue weighted by Gasteiger charge is 2.10. The molecule has 1 amide bonds. The summed E-state index contributed by atoms with van der Waals surface area (Å²) in [4.78, 5) is 21.3. The SMILES string of the molecule is CC(CCCC(=O)O)NC(=O)[C@@H](C)N. The quantitative estimate of drug-likeness (QED) is 0.569. The van der Waals surface area contributed by atoms with Gasteiger partial charge >= 0.3 is 5.97 Å². The van der Waals surface area contributed by atoms with Crippen LogP contribution in [0.2, 0.25) is 0 Å². The topological polar surface area (TPSA) is 92.4 Å². The van der Waals surface area contributed by atoms with Crippen LogP contribution in [0.1, 0.15) is 33.1 Å². The molecule has 1 unspecified atom stereocenters. The van der Waals surface area contributed by atoms with Crippen molar-refractivity contribution < 1.29 is 14.7 Å². The minimum Gasteiger partial charge on any atom is -0.481 e. The van der Waals surface area contributed by atoms with Crippen LogP contribution in [0.5, 0.6) is 0 Å². The second-order valence-electron chi connectivity index (χ2n) is 3.48. The largest absolute Gasteiger partial charge is 0.481 e. The highest BCUT2D eigenvalue weighted by molar-refractivity contribution is 5.81. The van der Waals surface area contributed by atoms with Crippen LogP contribution in [-0.4, -0.2) is 29.1 Å². The van der Waals surface area contributed by atoms with Crippen LogP contribution in [0.25, 0.3) is 0 Å². The molecule has 0 aromatic carbocycles. The summed E-state index contributed by atoms with van der Waals surface area (Å²) in [5, 5.41) is 11.1. The minimum absolute atomic E-state index is 0.0205. The van der Waals surface area contributed by atoms with Gasteiger partial charge in [-0.2, -0.15) is 0 Å². The lowest BCUT2D eigenvalue weighted by Crippen LogP contribution is -2.42. The van der Waals surface area contributed by atoms with E-state index in [0.717, 1.165) is 0 Å². The van der Waals surface area contributed by atoms with Crippen molar-refractivity contribution in [2.45, 2.75) is 45.2 Å².